The highest BCUT2D eigenvalue weighted by Gasteiger charge is 2.21. The van der Waals surface area contributed by atoms with Crippen molar-refractivity contribution in [3.05, 3.63) is 69.8 Å². The van der Waals surface area contributed by atoms with Crippen LogP contribution >= 0.6 is 0 Å². The summed E-state index contributed by atoms with van der Waals surface area (Å²) in [6, 6.07) is 13.7. The zero-order valence-corrected chi connectivity index (χ0v) is 16.3. The van der Waals surface area contributed by atoms with Crippen LogP contribution in [0.1, 0.15) is 22.3 Å². The number of anilines is 1. The fourth-order valence-corrected chi connectivity index (χ4v) is 3.32. The largest absolute Gasteiger partial charge is 0.368 e. The lowest BCUT2D eigenvalue weighted by Gasteiger charge is -2.36. The van der Waals surface area contributed by atoms with Crippen molar-refractivity contribution in [3.63, 3.8) is 0 Å². The molecule has 0 radical (unpaired) electrons. The summed E-state index contributed by atoms with van der Waals surface area (Å²) in [5, 5.41) is 13.3. The molecule has 0 saturated carbocycles. The lowest BCUT2D eigenvalue weighted by atomic mass is 10.2. The van der Waals surface area contributed by atoms with Gasteiger partial charge in [0.05, 0.1) is 4.92 Å². The van der Waals surface area contributed by atoms with E-state index in [1.54, 1.807) is 0 Å². The van der Waals surface area contributed by atoms with Gasteiger partial charge in [-0.05, 0) is 36.8 Å². The van der Waals surface area contributed by atoms with E-state index in [-0.39, 0.29) is 30.5 Å². The number of non-ortho nitro benzene ring substituents is 1. The minimum Gasteiger partial charge on any atom is -0.368 e. The molecule has 1 aliphatic heterocycles. The fraction of sp³-hybridized carbons (Fsp3) is 0.333. The number of carbonyl (C=O) groups excluding carboxylic acids is 2. The quantitative estimate of drug-likeness (QED) is 0.597. The van der Waals surface area contributed by atoms with Gasteiger partial charge >= 0.3 is 0 Å². The van der Waals surface area contributed by atoms with E-state index in [0.717, 1.165) is 13.1 Å². The second-order valence-electron chi connectivity index (χ2n) is 7.02. The van der Waals surface area contributed by atoms with Crippen LogP contribution in [-0.2, 0) is 4.79 Å². The third-order valence-electron chi connectivity index (χ3n) is 4.96. The summed E-state index contributed by atoms with van der Waals surface area (Å²) < 4.78 is 0. The highest BCUT2D eigenvalue weighted by molar-refractivity contribution is 5.94. The number of nitro benzene ring substituents is 1. The maximum absolute atomic E-state index is 12.4. The number of nitrogens with zero attached hydrogens (tertiary/aromatic N) is 3. The van der Waals surface area contributed by atoms with E-state index in [0.29, 0.717) is 18.7 Å². The number of amides is 2. The Hall–Kier alpha value is -3.42. The standard InChI is InChI=1S/C21H24N4O4/c1-16-3-2-4-19(15-16)23-11-13-24(14-12-23)20(26)9-10-22-21(27)17-5-7-18(8-6-17)25(28)29/h2-8,15H,9-14H2,1H3,(H,22,27). The number of carbonyl (C=O) groups is 2. The van der Waals surface area contributed by atoms with Crippen molar-refractivity contribution in [2.45, 2.75) is 13.3 Å². The van der Waals surface area contributed by atoms with Crippen molar-refractivity contribution in [2.75, 3.05) is 37.6 Å². The maximum atomic E-state index is 12.4. The number of rotatable bonds is 6. The van der Waals surface area contributed by atoms with E-state index in [1.165, 1.54) is 35.5 Å². The second kappa shape index (κ2) is 9.18. The van der Waals surface area contributed by atoms with Gasteiger partial charge in [0.15, 0.2) is 0 Å². The van der Waals surface area contributed by atoms with Crippen LogP contribution in [0.3, 0.4) is 0 Å². The Morgan fingerprint density at radius 1 is 1.07 bits per heavy atom. The van der Waals surface area contributed by atoms with Gasteiger partial charge < -0.3 is 15.1 Å². The molecule has 0 bridgehead atoms. The average Bonchev–Trinajstić information content (AvgIpc) is 2.73. The molecule has 8 heteroatoms. The van der Waals surface area contributed by atoms with Crippen LogP contribution in [-0.4, -0.2) is 54.4 Å². The molecule has 1 aliphatic rings. The summed E-state index contributed by atoms with van der Waals surface area (Å²) in [6.45, 7) is 5.17. The molecule has 1 fully saturated rings. The third kappa shape index (κ3) is 5.31. The van der Waals surface area contributed by atoms with Crippen LogP contribution in [0.25, 0.3) is 0 Å². The van der Waals surface area contributed by atoms with Gasteiger partial charge in [0.2, 0.25) is 5.91 Å². The minimum atomic E-state index is -0.515. The first-order chi connectivity index (χ1) is 13.9. The van der Waals surface area contributed by atoms with Gasteiger partial charge in [-0.2, -0.15) is 0 Å². The molecular formula is C21H24N4O4. The zero-order valence-electron chi connectivity index (χ0n) is 16.3. The van der Waals surface area contributed by atoms with Crippen molar-refractivity contribution >= 4 is 23.2 Å². The van der Waals surface area contributed by atoms with Gasteiger partial charge in [-0.15, -0.1) is 0 Å². The lowest BCUT2D eigenvalue weighted by molar-refractivity contribution is -0.384. The molecule has 1 saturated heterocycles. The Morgan fingerprint density at radius 2 is 1.76 bits per heavy atom. The first kappa shape index (κ1) is 20.3. The Labute approximate surface area is 169 Å². The number of hydrogen-bond donors (Lipinski definition) is 1. The van der Waals surface area contributed by atoms with E-state index >= 15 is 0 Å². The molecule has 1 N–H and O–H groups in total. The molecule has 1 heterocycles. The summed E-state index contributed by atoms with van der Waals surface area (Å²) >= 11 is 0. The van der Waals surface area contributed by atoms with Crippen molar-refractivity contribution in [3.8, 4) is 0 Å². The SMILES string of the molecule is Cc1cccc(N2CCN(C(=O)CCNC(=O)c3ccc([N+](=O)[O-])cc3)CC2)c1. The van der Waals surface area contributed by atoms with Gasteiger partial charge in [-0.25, -0.2) is 0 Å². The molecular weight excluding hydrogens is 372 g/mol. The van der Waals surface area contributed by atoms with E-state index in [9.17, 15) is 19.7 Å². The Bertz CT molecular complexity index is 890. The van der Waals surface area contributed by atoms with Crippen LogP contribution in [0.4, 0.5) is 11.4 Å². The highest BCUT2D eigenvalue weighted by atomic mass is 16.6. The van der Waals surface area contributed by atoms with Crippen LogP contribution in [0, 0.1) is 17.0 Å². The molecule has 2 aromatic rings. The number of aryl methyl sites for hydroxylation is 1. The highest BCUT2D eigenvalue weighted by Crippen LogP contribution is 2.18. The van der Waals surface area contributed by atoms with Crippen molar-refractivity contribution in [1.82, 2.24) is 10.2 Å². The molecule has 0 aromatic heterocycles. The summed E-state index contributed by atoms with van der Waals surface area (Å²) in [4.78, 5) is 38.7. The smallest absolute Gasteiger partial charge is 0.269 e. The molecule has 0 atom stereocenters. The van der Waals surface area contributed by atoms with Gasteiger partial charge in [0.25, 0.3) is 11.6 Å². The number of hydrogen-bond acceptors (Lipinski definition) is 5. The van der Waals surface area contributed by atoms with Crippen molar-refractivity contribution in [2.24, 2.45) is 0 Å². The molecule has 0 aliphatic carbocycles. The third-order valence-corrected chi connectivity index (χ3v) is 4.96. The predicted molar refractivity (Wildman–Crippen MR) is 110 cm³/mol. The molecule has 2 amide bonds. The van der Waals surface area contributed by atoms with Crippen LogP contribution in [0.5, 0.6) is 0 Å². The molecule has 0 unspecified atom stereocenters. The Kier molecular flexibility index (Phi) is 6.43. The molecule has 0 spiro atoms. The van der Waals surface area contributed by atoms with E-state index < -0.39 is 4.92 Å². The van der Waals surface area contributed by atoms with E-state index in [4.69, 9.17) is 0 Å². The maximum Gasteiger partial charge on any atom is 0.269 e. The van der Waals surface area contributed by atoms with E-state index in [1.807, 2.05) is 11.0 Å². The molecule has 3 rings (SSSR count). The van der Waals surface area contributed by atoms with Gasteiger partial charge in [0.1, 0.15) is 0 Å². The molecule has 29 heavy (non-hydrogen) atoms. The Balaban J connectivity index is 1.42. The predicted octanol–water partition coefficient (Wildman–Crippen LogP) is 2.37. The van der Waals surface area contributed by atoms with Crippen molar-refractivity contribution < 1.29 is 14.5 Å². The Morgan fingerprint density at radius 3 is 2.38 bits per heavy atom. The van der Waals surface area contributed by atoms with Crippen molar-refractivity contribution in [1.29, 1.82) is 0 Å². The summed E-state index contributed by atoms with van der Waals surface area (Å²) in [5.74, 6) is -0.338. The second-order valence-corrected chi connectivity index (χ2v) is 7.02. The van der Waals surface area contributed by atoms with Crippen LogP contribution in [0.2, 0.25) is 0 Å². The van der Waals surface area contributed by atoms with Crippen LogP contribution in [0.15, 0.2) is 48.5 Å². The lowest BCUT2D eigenvalue weighted by Crippen LogP contribution is -2.49. The number of benzene rings is 2. The van der Waals surface area contributed by atoms with E-state index in [2.05, 4.69) is 35.3 Å². The van der Waals surface area contributed by atoms with Gasteiger partial charge in [-0.1, -0.05) is 12.1 Å². The monoisotopic (exact) mass is 396 g/mol. The number of piperazine rings is 1. The first-order valence-electron chi connectivity index (χ1n) is 9.56. The summed E-state index contributed by atoms with van der Waals surface area (Å²) in [7, 11) is 0. The number of nitrogens with one attached hydrogen (secondary N) is 1. The zero-order chi connectivity index (χ0) is 20.8. The fourth-order valence-electron chi connectivity index (χ4n) is 3.32. The summed E-state index contributed by atoms with van der Waals surface area (Å²) in [6.07, 6.45) is 0.225. The molecule has 152 valence electrons. The molecule has 8 nitrogen and oxygen atoms in total. The minimum absolute atomic E-state index is 0.0119. The molecule has 2 aromatic carbocycles. The average molecular weight is 396 g/mol. The normalized spacial score (nSPS) is 13.8. The number of nitro groups is 1. The summed E-state index contributed by atoms with van der Waals surface area (Å²) in [5.41, 5.74) is 2.65. The first-order valence-corrected chi connectivity index (χ1v) is 9.56. The van der Waals surface area contributed by atoms with Gasteiger partial charge in [-0.3, -0.25) is 19.7 Å². The van der Waals surface area contributed by atoms with Crippen LogP contribution < -0.4 is 10.2 Å². The topological polar surface area (TPSA) is 95.8 Å². The van der Waals surface area contributed by atoms with Gasteiger partial charge in [0, 0.05) is 62.5 Å².